The van der Waals surface area contributed by atoms with Crippen molar-refractivity contribution in [2.75, 3.05) is 6.54 Å². The maximum Gasteiger partial charge on any atom is 0.194 e. The predicted molar refractivity (Wildman–Crippen MR) is 54.4 cm³/mol. The van der Waals surface area contributed by atoms with Gasteiger partial charge >= 0.3 is 0 Å². The van der Waals surface area contributed by atoms with Crippen molar-refractivity contribution < 1.29 is 14.6 Å². The van der Waals surface area contributed by atoms with Gasteiger partial charge < -0.3 is 15.5 Å². The number of phenols is 2. The smallest absolute Gasteiger partial charge is 0.194 e. The monoisotopic (exact) mass is 211 g/mol. The van der Waals surface area contributed by atoms with Gasteiger partial charge in [0.2, 0.25) is 0 Å². The maximum atomic E-state index is 13.6. The summed E-state index contributed by atoms with van der Waals surface area (Å²) in [4.78, 5) is 0. The lowest BCUT2D eigenvalue weighted by Crippen LogP contribution is -2.14. The molecule has 1 aromatic rings. The molecule has 0 aromatic heterocycles. The molecule has 3 nitrogen and oxygen atoms in total. The van der Waals surface area contributed by atoms with Crippen LogP contribution in [0.1, 0.15) is 30.0 Å². The minimum absolute atomic E-state index is 0.0461. The molecule has 1 saturated heterocycles. The molecular weight excluding hydrogens is 197 g/mol. The lowest BCUT2D eigenvalue weighted by molar-refractivity contribution is 0.371. The van der Waals surface area contributed by atoms with E-state index in [2.05, 4.69) is 5.32 Å². The molecule has 0 radical (unpaired) electrons. The molecule has 82 valence electrons. The van der Waals surface area contributed by atoms with Gasteiger partial charge in [-0.25, -0.2) is 4.39 Å². The summed E-state index contributed by atoms with van der Waals surface area (Å²) < 4.78 is 13.6. The second kappa shape index (κ2) is 3.70. The summed E-state index contributed by atoms with van der Waals surface area (Å²) in [7, 11) is 0. The molecule has 0 aliphatic carbocycles. The first kappa shape index (κ1) is 10.2. The van der Waals surface area contributed by atoms with E-state index in [9.17, 15) is 14.6 Å². The van der Waals surface area contributed by atoms with Crippen LogP contribution in [-0.4, -0.2) is 16.8 Å². The summed E-state index contributed by atoms with van der Waals surface area (Å²) in [6, 6.07) is 1.54. The van der Waals surface area contributed by atoms with E-state index in [0.29, 0.717) is 11.1 Å². The number of halogens is 1. The van der Waals surface area contributed by atoms with Crippen molar-refractivity contribution in [1.29, 1.82) is 0 Å². The third-order valence-corrected chi connectivity index (χ3v) is 2.87. The Kier molecular flexibility index (Phi) is 2.52. The molecule has 3 N–H and O–H groups in total. The zero-order valence-electron chi connectivity index (χ0n) is 8.55. The second-order valence-electron chi connectivity index (χ2n) is 3.94. The molecule has 15 heavy (non-hydrogen) atoms. The summed E-state index contributed by atoms with van der Waals surface area (Å²) >= 11 is 0. The van der Waals surface area contributed by atoms with Gasteiger partial charge in [-0.3, -0.25) is 0 Å². The molecular formula is C11H14FNO2. The summed E-state index contributed by atoms with van der Waals surface area (Å²) in [5.41, 5.74) is 0.943. The number of hydrogen-bond acceptors (Lipinski definition) is 3. The molecule has 0 spiro atoms. The van der Waals surface area contributed by atoms with Gasteiger partial charge in [0.15, 0.2) is 17.3 Å². The van der Waals surface area contributed by atoms with Gasteiger partial charge in [0.25, 0.3) is 0 Å². The molecule has 4 heteroatoms. The average molecular weight is 211 g/mol. The Morgan fingerprint density at radius 1 is 1.40 bits per heavy atom. The molecule has 0 bridgehead atoms. The van der Waals surface area contributed by atoms with Crippen LogP contribution in [0.25, 0.3) is 0 Å². The van der Waals surface area contributed by atoms with E-state index in [1.165, 1.54) is 0 Å². The van der Waals surface area contributed by atoms with Gasteiger partial charge in [0, 0.05) is 11.6 Å². The molecule has 1 aliphatic rings. The van der Waals surface area contributed by atoms with Gasteiger partial charge in [-0.1, -0.05) is 0 Å². The lowest BCUT2D eigenvalue weighted by atomic mass is 10.0. The lowest BCUT2D eigenvalue weighted by Gasteiger charge is -2.14. The number of aromatic hydroxyl groups is 2. The quantitative estimate of drug-likeness (QED) is 0.622. The molecule has 1 aromatic carbocycles. The van der Waals surface area contributed by atoms with Crippen LogP contribution in [0.15, 0.2) is 6.07 Å². The number of phenolic OH excluding ortho intramolecular Hbond substituents is 2. The highest BCUT2D eigenvalue weighted by Gasteiger charge is 2.23. The van der Waals surface area contributed by atoms with Gasteiger partial charge in [0.05, 0.1) is 0 Å². The van der Waals surface area contributed by atoms with Crippen LogP contribution in [0.4, 0.5) is 4.39 Å². The fourth-order valence-corrected chi connectivity index (χ4v) is 2.00. The van der Waals surface area contributed by atoms with E-state index in [1.54, 1.807) is 13.0 Å². The molecule has 0 saturated carbocycles. The first-order valence-corrected chi connectivity index (χ1v) is 5.05. The SMILES string of the molecule is Cc1cc(C2CCCN2)c(F)c(O)c1O. The Hall–Kier alpha value is -1.29. The fourth-order valence-electron chi connectivity index (χ4n) is 2.00. The Bertz CT molecular complexity index is 387. The molecule has 1 heterocycles. The van der Waals surface area contributed by atoms with Crippen molar-refractivity contribution >= 4 is 0 Å². The van der Waals surface area contributed by atoms with Crippen molar-refractivity contribution in [3.63, 3.8) is 0 Å². The highest BCUT2D eigenvalue weighted by Crippen LogP contribution is 2.37. The van der Waals surface area contributed by atoms with Crippen molar-refractivity contribution in [2.45, 2.75) is 25.8 Å². The molecule has 1 fully saturated rings. The van der Waals surface area contributed by atoms with Crippen molar-refractivity contribution in [1.82, 2.24) is 5.32 Å². The van der Waals surface area contributed by atoms with Gasteiger partial charge in [-0.15, -0.1) is 0 Å². The molecule has 1 aliphatic heterocycles. The fraction of sp³-hybridized carbons (Fsp3) is 0.455. The highest BCUT2D eigenvalue weighted by molar-refractivity contribution is 5.49. The van der Waals surface area contributed by atoms with E-state index in [-0.39, 0.29) is 11.8 Å². The minimum Gasteiger partial charge on any atom is -0.504 e. The van der Waals surface area contributed by atoms with Gasteiger partial charge in [-0.05, 0) is 37.9 Å². The predicted octanol–water partition coefficient (Wildman–Crippen LogP) is 1.97. The highest BCUT2D eigenvalue weighted by atomic mass is 19.1. The summed E-state index contributed by atoms with van der Waals surface area (Å²) in [6.45, 7) is 2.51. The molecule has 1 unspecified atom stereocenters. The maximum absolute atomic E-state index is 13.6. The second-order valence-corrected chi connectivity index (χ2v) is 3.94. The minimum atomic E-state index is -0.711. The van der Waals surface area contributed by atoms with Crippen LogP contribution in [-0.2, 0) is 0 Å². The number of rotatable bonds is 1. The van der Waals surface area contributed by atoms with Gasteiger partial charge in [-0.2, -0.15) is 0 Å². The van der Waals surface area contributed by atoms with E-state index < -0.39 is 11.6 Å². The first-order valence-electron chi connectivity index (χ1n) is 5.05. The van der Waals surface area contributed by atoms with Crippen LogP contribution < -0.4 is 5.32 Å². The standard InChI is InChI=1S/C11H14FNO2/c1-6-5-7(8-3-2-4-13-8)9(12)11(15)10(6)14/h5,8,13-15H,2-4H2,1H3. The molecule has 1 atom stereocenters. The van der Waals surface area contributed by atoms with Crippen LogP contribution in [0, 0.1) is 12.7 Å². The Balaban J connectivity index is 2.47. The van der Waals surface area contributed by atoms with E-state index in [4.69, 9.17) is 0 Å². The Labute approximate surface area is 87.6 Å². The Morgan fingerprint density at radius 3 is 2.73 bits per heavy atom. The zero-order valence-corrected chi connectivity index (χ0v) is 8.55. The van der Waals surface area contributed by atoms with E-state index in [1.807, 2.05) is 0 Å². The average Bonchev–Trinajstić information content (AvgIpc) is 2.73. The molecule has 0 amide bonds. The summed E-state index contributed by atoms with van der Waals surface area (Å²) in [5.74, 6) is -1.72. The normalized spacial score (nSPS) is 20.8. The van der Waals surface area contributed by atoms with Crippen molar-refractivity contribution in [3.05, 3.63) is 23.0 Å². The summed E-state index contributed by atoms with van der Waals surface area (Å²) in [5, 5.41) is 21.9. The largest absolute Gasteiger partial charge is 0.504 e. The van der Waals surface area contributed by atoms with Crippen LogP contribution in [0.2, 0.25) is 0 Å². The third-order valence-electron chi connectivity index (χ3n) is 2.87. The number of hydrogen-bond donors (Lipinski definition) is 3. The number of aryl methyl sites for hydroxylation is 1. The third kappa shape index (κ3) is 1.65. The first-order chi connectivity index (χ1) is 7.11. The topological polar surface area (TPSA) is 52.5 Å². The van der Waals surface area contributed by atoms with Crippen molar-refractivity contribution in [3.8, 4) is 11.5 Å². The van der Waals surface area contributed by atoms with Gasteiger partial charge in [0.1, 0.15) is 0 Å². The zero-order chi connectivity index (χ0) is 11.0. The van der Waals surface area contributed by atoms with Crippen LogP contribution in [0.3, 0.4) is 0 Å². The van der Waals surface area contributed by atoms with E-state index >= 15 is 0 Å². The Morgan fingerprint density at radius 2 is 2.13 bits per heavy atom. The molecule has 2 rings (SSSR count). The number of benzene rings is 1. The summed E-state index contributed by atoms with van der Waals surface area (Å²) in [6.07, 6.45) is 1.87. The van der Waals surface area contributed by atoms with Crippen molar-refractivity contribution in [2.24, 2.45) is 0 Å². The van der Waals surface area contributed by atoms with Crippen LogP contribution >= 0.6 is 0 Å². The van der Waals surface area contributed by atoms with E-state index in [0.717, 1.165) is 19.4 Å². The number of nitrogens with one attached hydrogen (secondary N) is 1. The van der Waals surface area contributed by atoms with Crippen LogP contribution in [0.5, 0.6) is 11.5 Å².